The topological polar surface area (TPSA) is 12.0 Å². The molecule has 1 aliphatic carbocycles. The molecule has 0 aromatic carbocycles. The van der Waals surface area contributed by atoms with E-state index in [1.807, 2.05) is 6.92 Å². The van der Waals surface area contributed by atoms with Crippen LogP contribution in [0.3, 0.4) is 0 Å². The maximum Gasteiger partial charge on any atom is 0.111 e. The molecule has 88 valence electrons. The van der Waals surface area contributed by atoms with Gasteiger partial charge in [-0.3, -0.25) is 0 Å². The molecular weight excluding hydrogens is 189 g/mol. The maximum atomic E-state index is 14.6. The van der Waals surface area contributed by atoms with E-state index in [1.165, 1.54) is 25.7 Å². The van der Waals surface area contributed by atoms with Crippen LogP contribution in [0.2, 0.25) is 0 Å². The van der Waals surface area contributed by atoms with E-state index in [1.54, 1.807) is 0 Å². The van der Waals surface area contributed by atoms with E-state index in [-0.39, 0.29) is 0 Å². The lowest BCUT2D eigenvalue weighted by Gasteiger charge is -2.33. The molecule has 0 bridgehead atoms. The van der Waals surface area contributed by atoms with E-state index in [4.69, 9.17) is 0 Å². The Morgan fingerprint density at radius 1 is 1.20 bits per heavy atom. The second kappa shape index (κ2) is 4.82. The predicted octanol–water partition coefficient (Wildman–Crippen LogP) is 3.29. The van der Waals surface area contributed by atoms with Crippen molar-refractivity contribution < 1.29 is 4.39 Å². The number of nitrogens with one attached hydrogen (secondary N) is 1. The lowest BCUT2D eigenvalue weighted by Crippen LogP contribution is -2.37. The SMILES string of the molecule is CC(F)(CC1CCCNC1)C1CCCC1. The Kier molecular flexibility index (Phi) is 3.65. The van der Waals surface area contributed by atoms with Gasteiger partial charge in [-0.2, -0.15) is 0 Å². The Morgan fingerprint density at radius 3 is 2.53 bits per heavy atom. The minimum absolute atomic E-state index is 0.347. The summed E-state index contributed by atoms with van der Waals surface area (Å²) in [5.41, 5.74) is -0.903. The fraction of sp³-hybridized carbons (Fsp3) is 1.00. The van der Waals surface area contributed by atoms with Crippen molar-refractivity contribution in [2.24, 2.45) is 11.8 Å². The molecule has 0 amide bonds. The summed E-state index contributed by atoms with van der Waals surface area (Å²) in [6.07, 6.45) is 7.95. The smallest absolute Gasteiger partial charge is 0.111 e. The maximum absolute atomic E-state index is 14.6. The van der Waals surface area contributed by atoms with Crippen molar-refractivity contribution in [2.75, 3.05) is 13.1 Å². The summed E-state index contributed by atoms with van der Waals surface area (Å²) in [7, 11) is 0. The summed E-state index contributed by atoms with van der Waals surface area (Å²) in [5, 5.41) is 3.38. The molecule has 1 aliphatic heterocycles. The van der Waals surface area contributed by atoms with Crippen molar-refractivity contribution in [1.29, 1.82) is 0 Å². The zero-order valence-electron chi connectivity index (χ0n) is 9.90. The highest BCUT2D eigenvalue weighted by Gasteiger charge is 2.37. The lowest BCUT2D eigenvalue weighted by molar-refractivity contribution is 0.0678. The quantitative estimate of drug-likeness (QED) is 0.758. The molecule has 15 heavy (non-hydrogen) atoms. The number of rotatable bonds is 3. The molecule has 1 heterocycles. The van der Waals surface area contributed by atoms with Crippen LogP contribution in [0.5, 0.6) is 0 Å². The van der Waals surface area contributed by atoms with Crippen molar-refractivity contribution >= 4 is 0 Å². The molecule has 1 saturated carbocycles. The van der Waals surface area contributed by atoms with Gasteiger partial charge >= 0.3 is 0 Å². The Hall–Kier alpha value is -0.110. The second-order valence-corrected chi connectivity index (χ2v) is 5.68. The molecule has 2 fully saturated rings. The molecule has 0 radical (unpaired) electrons. The largest absolute Gasteiger partial charge is 0.316 e. The first-order valence-corrected chi connectivity index (χ1v) is 6.58. The first kappa shape index (κ1) is 11.4. The summed E-state index contributed by atoms with van der Waals surface area (Å²) < 4.78 is 14.6. The van der Waals surface area contributed by atoms with E-state index < -0.39 is 5.67 Å². The van der Waals surface area contributed by atoms with Crippen molar-refractivity contribution in [3.8, 4) is 0 Å². The monoisotopic (exact) mass is 213 g/mol. The van der Waals surface area contributed by atoms with Crippen molar-refractivity contribution in [1.82, 2.24) is 5.32 Å². The second-order valence-electron chi connectivity index (χ2n) is 5.68. The van der Waals surface area contributed by atoms with Crippen molar-refractivity contribution in [3.05, 3.63) is 0 Å². The van der Waals surface area contributed by atoms with Crippen molar-refractivity contribution in [2.45, 2.75) is 57.5 Å². The number of hydrogen-bond donors (Lipinski definition) is 1. The first-order chi connectivity index (χ1) is 7.18. The third kappa shape index (κ3) is 2.93. The minimum Gasteiger partial charge on any atom is -0.316 e. The van der Waals surface area contributed by atoms with E-state index in [2.05, 4.69) is 5.32 Å². The Bertz CT molecular complexity index is 191. The number of alkyl halides is 1. The standard InChI is InChI=1S/C13H24FN/c1-13(14,12-6-2-3-7-12)9-11-5-4-8-15-10-11/h11-12,15H,2-10H2,1H3. The van der Waals surface area contributed by atoms with Crippen LogP contribution in [0.15, 0.2) is 0 Å². The Morgan fingerprint density at radius 2 is 1.93 bits per heavy atom. The molecule has 1 saturated heterocycles. The van der Waals surface area contributed by atoms with Gasteiger partial charge in [0.1, 0.15) is 5.67 Å². The highest BCUT2D eigenvalue weighted by molar-refractivity contribution is 4.89. The van der Waals surface area contributed by atoms with Gasteiger partial charge in [0.25, 0.3) is 0 Å². The van der Waals surface area contributed by atoms with Gasteiger partial charge in [0, 0.05) is 0 Å². The molecule has 2 rings (SSSR count). The third-order valence-corrected chi connectivity index (χ3v) is 4.29. The summed E-state index contributed by atoms with van der Waals surface area (Å²) in [6.45, 7) is 4.01. The highest BCUT2D eigenvalue weighted by Crippen LogP contribution is 2.40. The van der Waals surface area contributed by atoms with Gasteiger partial charge in [-0.1, -0.05) is 12.8 Å². The van der Waals surface area contributed by atoms with Gasteiger partial charge in [-0.15, -0.1) is 0 Å². The van der Waals surface area contributed by atoms with E-state index in [0.717, 1.165) is 32.4 Å². The lowest BCUT2D eigenvalue weighted by atomic mass is 9.80. The summed E-state index contributed by atoms with van der Waals surface area (Å²) in [6, 6.07) is 0. The fourth-order valence-corrected chi connectivity index (χ4v) is 3.36. The van der Waals surface area contributed by atoms with Gasteiger partial charge in [0.15, 0.2) is 0 Å². The Balaban J connectivity index is 1.84. The zero-order valence-corrected chi connectivity index (χ0v) is 9.90. The van der Waals surface area contributed by atoms with Gasteiger partial charge in [0.05, 0.1) is 0 Å². The Labute approximate surface area is 92.8 Å². The van der Waals surface area contributed by atoms with E-state index in [9.17, 15) is 4.39 Å². The minimum atomic E-state index is -0.903. The molecular formula is C13H24FN. The average molecular weight is 213 g/mol. The fourth-order valence-electron chi connectivity index (χ4n) is 3.36. The molecule has 0 aromatic rings. The molecule has 2 atom stereocenters. The first-order valence-electron chi connectivity index (χ1n) is 6.58. The number of halogens is 1. The summed E-state index contributed by atoms with van der Waals surface area (Å²) in [4.78, 5) is 0. The van der Waals surface area contributed by atoms with E-state index >= 15 is 0 Å². The summed E-state index contributed by atoms with van der Waals surface area (Å²) >= 11 is 0. The summed E-state index contributed by atoms with van der Waals surface area (Å²) in [5.74, 6) is 0.925. The normalized spacial score (nSPS) is 32.8. The number of hydrogen-bond acceptors (Lipinski definition) is 1. The average Bonchev–Trinajstić information content (AvgIpc) is 2.71. The van der Waals surface area contributed by atoms with Crippen LogP contribution in [0.25, 0.3) is 0 Å². The molecule has 0 spiro atoms. The van der Waals surface area contributed by atoms with Gasteiger partial charge in [-0.25, -0.2) is 4.39 Å². The third-order valence-electron chi connectivity index (χ3n) is 4.29. The van der Waals surface area contributed by atoms with Gasteiger partial charge in [0.2, 0.25) is 0 Å². The predicted molar refractivity (Wildman–Crippen MR) is 61.7 cm³/mol. The van der Waals surface area contributed by atoms with Crippen LogP contribution in [0, 0.1) is 11.8 Å². The zero-order chi connectivity index (χ0) is 10.7. The van der Waals surface area contributed by atoms with Crippen LogP contribution < -0.4 is 5.32 Å². The van der Waals surface area contributed by atoms with Crippen LogP contribution in [-0.4, -0.2) is 18.8 Å². The van der Waals surface area contributed by atoms with E-state index in [0.29, 0.717) is 11.8 Å². The van der Waals surface area contributed by atoms with Crippen LogP contribution in [-0.2, 0) is 0 Å². The molecule has 2 unspecified atom stereocenters. The molecule has 2 aliphatic rings. The highest BCUT2D eigenvalue weighted by atomic mass is 19.1. The van der Waals surface area contributed by atoms with Crippen LogP contribution in [0.1, 0.15) is 51.9 Å². The molecule has 2 heteroatoms. The molecule has 1 N–H and O–H groups in total. The number of piperidine rings is 1. The van der Waals surface area contributed by atoms with Crippen molar-refractivity contribution in [3.63, 3.8) is 0 Å². The molecule has 1 nitrogen and oxygen atoms in total. The van der Waals surface area contributed by atoms with Crippen LogP contribution >= 0.6 is 0 Å². The van der Waals surface area contributed by atoms with Crippen LogP contribution in [0.4, 0.5) is 4.39 Å². The van der Waals surface area contributed by atoms with Gasteiger partial charge < -0.3 is 5.32 Å². The molecule has 0 aromatic heterocycles. The van der Waals surface area contributed by atoms with Gasteiger partial charge in [-0.05, 0) is 64.0 Å².